The van der Waals surface area contributed by atoms with Gasteiger partial charge in [-0.3, -0.25) is 4.79 Å². The van der Waals surface area contributed by atoms with Crippen LogP contribution in [0.25, 0.3) is 0 Å². The Morgan fingerprint density at radius 1 is 1.35 bits per heavy atom. The van der Waals surface area contributed by atoms with Crippen LogP contribution in [0, 0.1) is 0 Å². The molecule has 0 saturated carbocycles. The quantitative estimate of drug-likeness (QED) is 0.769. The zero-order valence-electron chi connectivity index (χ0n) is 13.1. The second-order valence-corrected chi connectivity index (χ2v) is 5.72. The van der Waals surface area contributed by atoms with Gasteiger partial charge in [-0.15, -0.1) is 6.58 Å². The minimum absolute atomic E-state index is 0.00406. The Morgan fingerprint density at radius 3 is 2.87 bits per heavy atom. The van der Waals surface area contributed by atoms with Gasteiger partial charge < -0.3 is 14.1 Å². The van der Waals surface area contributed by atoms with Gasteiger partial charge >= 0.3 is 0 Å². The van der Waals surface area contributed by atoms with Crippen molar-refractivity contribution < 1.29 is 13.9 Å². The molecule has 0 radical (unpaired) electrons. The number of amides is 1. The molecule has 1 aromatic carbocycles. The molecule has 0 bridgehead atoms. The maximum Gasteiger partial charge on any atom is 0.257 e. The molecule has 2 aromatic rings. The van der Waals surface area contributed by atoms with E-state index in [2.05, 4.69) is 18.7 Å². The summed E-state index contributed by atoms with van der Waals surface area (Å²) in [6, 6.07) is 11.9. The average molecular weight is 311 g/mol. The standard InChI is InChI=1S/C19H21NO3/c1-2-11-23-18-8-10-20(19(21)16-9-12-22-14-16)17(18)13-15-6-4-3-5-7-15/h2-7,9,12,14,17-18H,1,8,10-11,13H2/t17-,18-/m1/s1. The normalized spacial score (nSPS) is 20.6. The van der Waals surface area contributed by atoms with E-state index < -0.39 is 0 Å². The molecule has 2 atom stereocenters. The fraction of sp³-hybridized carbons (Fsp3) is 0.316. The molecule has 0 N–H and O–H groups in total. The number of nitrogens with zero attached hydrogens (tertiary/aromatic N) is 1. The summed E-state index contributed by atoms with van der Waals surface area (Å²) in [5, 5.41) is 0. The molecule has 1 amide bonds. The van der Waals surface area contributed by atoms with E-state index in [4.69, 9.17) is 9.15 Å². The van der Waals surface area contributed by atoms with Crippen LogP contribution in [0.3, 0.4) is 0 Å². The Morgan fingerprint density at radius 2 is 2.17 bits per heavy atom. The average Bonchev–Trinajstić information content (AvgIpc) is 3.24. The van der Waals surface area contributed by atoms with E-state index in [1.165, 1.54) is 18.1 Å². The highest BCUT2D eigenvalue weighted by molar-refractivity contribution is 5.94. The van der Waals surface area contributed by atoms with Crippen molar-refractivity contribution in [2.24, 2.45) is 0 Å². The lowest BCUT2D eigenvalue weighted by Crippen LogP contribution is -2.41. The van der Waals surface area contributed by atoms with E-state index in [0.717, 1.165) is 12.8 Å². The lowest BCUT2D eigenvalue weighted by Gasteiger charge is -2.28. The van der Waals surface area contributed by atoms with E-state index in [1.807, 2.05) is 23.1 Å². The van der Waals surface area contributed by atoms with Gasteiger partial charge in [-0.25, -0.2) is 0 Å². The number of ether oxygens (including phenoxy) is 1. The van der Waals surface area contributed by atoms with Crippen LogP contribution in [0.15, 0.2) is 66.0 Å². The summed E-state index contributed by atoms with van der Waals surface area (Å²) in [7, 11) is 0. The predicted octanol–water partition coefficient (Wildman–Crippen LogP) is 3.31. The lowest BCUT2D eigenvalue weighted by atomic mass is 10.0. The molecular weight excluding hydrogens is 290 g/mol. The van der Waals surface area contributed by atoms with Crippen molar-refractivity contribution in [2.75, 3.05) is 13.2 Å². The molecular formula is C19H21NO3. The topological polar surface area (TPSA) is 42.7 Å². The SMILES string of the molecule is C=CCO[C@@H]1CCN(C(=O)c2ccoc2)[C@@H]1Cc1ccccc1. The summed E-state index contributed by atoms with van der Waals surface area (Å²) in [5.41, 5.74) is 1.80. The number of carbonyl (C=O) groups is 1. The molecule has 3 rings (SSSR count). The molecule has 0 aliphatic carbocycles. The third kappa shape index (κ3) is 3.54. The van der Waals surface area contributed by atoms with Crippen molar-refractivity contribution in [1.29, 1.82) is 0 Å². The summed E-state index contributed by atoms with van der Waals surface area (Å²) in [6.45, 7) is 4.91. The van der Waals surface area contributed by atoms with Crippen LogP contribution in [0.5, 0.6) is 0 Å². The molecule has 4 heteroatoms. The number of likely N-dealkylation sites (tertiary alicyclic amines) is 1. The van der Waals surface area contributed by atoms with E-state index in [0.29, 0.717) is 18.7 Å². The van der Waals surface area contributed by atoms with Crippen LogP contribution < -0.4 is 0 Å². The predicted molar refractivity (Wildman–Crippen MR) is 88.2 cm³/mol. The van der Waals surface area contributed by atoms with Crippen molar-refractivity contribution in [3.63, 3.8) is 0 Å². The molecule has 1 aliphatic heterocycles. The minimum atomic E-state index is 0.00406. The lowest BCUT2D eigenvalue weighted by molar-refractivity contribution is 0.0379. The third-order valence-corrected chi connectivity index (χ3v) is 4.23. The largest absolute Gasteiger partial charge is 0.472 e. The summed E-state index contributed by atoms with van der Waals surface area (Å²) < 4.78 is 10.9. The van der Waals surface area contributed by atoms with Crippen molar-refractivity contribution >= 4 is 5.91 Å². The van der Waals surface area contributed by atoms with Crippen LogP contribution in [0.4, 0.5) is 0 Å². The van der Waals surface area contributed by atoms with E-state index in [1.54, 1.807) is 12.1 Å². The Balaban J connectivity index is 1.79. The monoisotopic (exact) mass is 311 g/mol. The number of hydrogen-bond donors (Lipinski definition) is 0. The Bertz CT molecular complexity index is 636. The third-order valence-electron chi connectivity index (χ3n) is 4.23. The minimum Gasteiger partial charge on any atom is -0.472 e. The molecule has 2 heterocycles. The van der Waals surface area contributed by atoms with Gasteiger partial charge in [0, 0.05) is 6.54 Å². The van der Waals surface area contributed by atoms with E-state index in [9.17, 15) is 4.79 Å². The fourth-order valence-electron chi connectivity index (χ4n) is 3.11. The molecule has 4 nitrogen and oxygen atoms in total. The molecule has 1 saturated heterocycles. The smallest absolute Gasteiger partial charge is 0.257 e. The molecule has 1 fully saturated rings. The Labute approximate surface area is 136 Å². The van der Waals surface area contributed by atoms with Crippen LogP contribution in [0.2, 0.25) is 0 Å². The molecule has 23 heavy (non-hydrogen) atoms. The van der Waals surface area contributed by atoms with Gasteiger partial charge in [0.15, 0.2) is 0 Å². The summed E-state index contributed by atoms with van der Waals surface area (Å²) in [4.78, 5) is 14.6. The first-order valence-corrected chi connectivity index (χ1v) is 7.89. The fourth-order valence-corrected chi connectivity index (χ4v) is 3.11. The van der Waals surface area contributed by atoms with Gasteiger partial charge in [-0.1, -0.05) is 36.4 Å². The zero-order chi connectivity index (χ0) is 16.1. The first-order valence-electron chi connectivity index (χ1n) is 7.89. The Kier molecular flexibility index (Phi) is 4.93. The molecule has 1 aliphatic rings. The zero-order valence-corrected chi connectivity index (χ0v) is 13.1. The van der Waals surface area contributed by atoms with Gasteiger partial charge in [-0.2, -0.15) is 0 Å². The Hall–Kier alpha value is -2.33. The van der Waals surface area contributed by atoms with E-state index >= 15 is 0 Å². The number of hydrogen-bond acceptors (Lipinski definition) is 3. The molecule has 0 unspecified atom stereocenters. The first kappa shape index (κ1) is 15.6. The van der Waals surface area contributed by atoms with Gasteiger partial charge in [-0.05, 0) is 24.5 Å². The summed E-state index contributed by atoms with van der Waals surface area (Å²) in [5.74, 6) is 0.00406. The highest BCUT2D eigenvalue weighted by Crippen LogP contribution is 2.26. The van der Waals surface area contributed by atoms with Crippen molar-refractivity contribution in [1.82, 2.24) is 4.90 Å². The van der Waals surface area contributed by atoms with Gasteiger partial charge in [0.25, 0.3) is 5.91 Å². The van der Waals surface area contributed by atoms with Gasteiger partial charge in [0.1, 0.15) is 6.26 Å². The molecule has 1 aromatic heterocycles. The number of rotatable bonds is 6. The molecule has 0 spiro atoms. The number of furan rings is 1. The summed E-state index contributed by atoms with van der Waals surface area (Å²) >= 11 is 0. The van der Waals surface area contributed by atoms with Gasteiger partial charge in [0.2, 0.25) is 0 Å². The van der Waals surface area contributed by atoms with Crippen LogP contribution >= 0.6 is 0 Å². The van der Waals surface area contributed by atoms with E-state index in [-0.39, 0.29) is 18.1 Å². The van der Waals surface area contributed by atoms with Crippen LogP contribution in [-0.2, 0) is 11.2 Å². The van der Waals surface area contributed by atoms with Gasteiger partial charge in [0.05, 0.1) is 30.6 Å². The van der Waals surface area contributed by atoms with Crippen LogP contribution in [-0.4, -0.2) is 36.1 Å². The van der Waals surface area contributed by atoms with Crippen molar-refractivity contribution in [3.8, 4) is 0 Å². The summed E-state index contributed by atoms with van der Waals surface area (Å²) in [6.07, 6.45) is 6.44. The first-order chi connectivity index (χ1) is 11.3. The van der Waals surface area contributed by atoms with Crippen molar-refractivity contribution in [3.05, 3.63) is 72.7 Å². The maximum atomic E-state index is 12.7. The molecule has 120 valence electrons. The highest BCUT2D eigenvalue weighted by Gasteiger charge is 2.38. The maximum absolute atomic E-state index is 12.7. The highest BCUT2D eigenvalue weighted by atomic mass is 16.5. The number of benzene rings is 1. The number of carbonyl (C=O) groups excluding carboxylic acids is 1. The van der Waals surface area contributed by atoms with Crippen LogP contribution in [0.1, 0.15) is 22.3 Å². The second-order valence-electron chi connectivity index (χ2n) is 5.72. The second kappa shape index (κ2) is 7.29. The van der Waals surface area contributed by atoms with Crippen molar-refractivity contribution in [2.45, 2.75) is 25.0 Å².